The summed E-state index contributed by atoms with van der Waals surface area (Å²) in [6, 6.07) is 6.62. The minimum absolute atomic E-state index is 0.294. The first-order valence-electron chi connectivity index (χ1n) is 6.47. The number of hydrogen-bond donors (Lipinski definition) is 2. The molecule has 1 heterocycles. The Morgan fingerprint density at radius 1 is 1.19 bits per heavy atom. The van der Waals surface area contributed by atoms with E-state index in [0.29, 0.717) is 18.7 Å². The number of thiophene rings is 1. The molecule has 0 amide bonds. The fraction of sp³-hybridized carbons (Fsp3) is 0.333. The van der Waals surface area contributed by atoms with Crippen LogP contribution in [0.3, 0.4) is 0 Å². The van der Waals surface area contributed by atoms with Crippen LogP contribution < -0.4 is 5.32 Å². The van der Waals surface area contributed by atoms with Crippen LogP contribution in [0.5, 0.6) is 0 Å². The Morgan fingerprint density at radius 3 is 2.38 bits per heavy atom. The lowest BCUT2D eigenvalue weighted by molar-refractivity contribution is -0.137. The van der Waals surface area contributed by atoms with Crippen LogP contribution in [0.15, 0.2) is 35.7 Å². The Balaban J connectivity index is 1.88. The summed E-state index contributed by atoms with van der Waals surface area (Å²) in [6.07, 6.45) is -5.18. The van der Waals surface area contributed by atoms with Gasteiger partial charge < -0.3 is 10.4 Å². The molecule has 2 N–H and O–H groups in total. The summed E-state index contributed by atoms with van der Waals surface area (Å²) in [5.41, 5.74) is 0.954. The highest BCUT2D eigenvalue weighted by atomic mass is 32.1. The van der Waals surface area contributed by atoms with Crippen molar-refractivity contribution in [3.05, 3.63) is 57.3 Å². The molecule has 1 atom stereocenters. The molecule has 0 aliphatic rings. The zero-order chi connectivity index (χ0) is 15.5. The van der Waals surface area contributed by atoms with Gasteiger partial charge in [-0.3, -0.25) is 0 Å². The third kappa shape index (κ3) is 4.30. The average molecular weight is 315 g/mol. The maximum absolute atomic E-state index is 12.4. The summed E-state index contributed by atoms with van der Waals surface area (Å²) < 4.78 is 37.3. The standard InChI is InChI=1S/C15H16F3NOS/c1-10-6-7-21-14(10)9-19-8-13(20)11-2-4-12(5-3-11)15(16,17)18/h2-7,13,19-20H,8-9H2,1H3. The van der Waals surface area contributed by atoms with E-state index in [2.05, 4.69) is 5.32 Å². The van der Waals surface area contributed by atoms with Gasteiger partial charge >= 0.3 is 6.18 Å². The Morgan fingerprint density at radius 2 is 1.86 bits per heavy atom. The number of aliphatic hydroxyl groups is 1. The van der Waals surface area contributed by atoms with Gasteiger partial charge in [-0.15, -0.1) is 11.3 Å². The number of aryl methyl sites for hydroxylation is 1. The molecule has 6 heteroatoms. The third-order valence-electron chi connectivity index (χ3n) is 3.21. The highest BCUT2D eigenvalue weighted by molar-refractivity contribution is 7.10. The summed E-state index contributed by atoms with van der Waals surface area (Å²) in [4.78, 5) is 1.19. The molecular formula is C15H16F3NOS. The predicted molar refractivity (Wildman–Crippen MR) is 77.2 cm³/mol. The molecule has 114 valence electrons. The van der Waals surface area contributed by atoms with Crippen molar-refractivity contribution in [2.45, 2.75) is 25.7 Å². The van der Waals surface area contributed by atoms with Gasteiger partial charge in [-0.25, -0.2) is 0 Å². The molecule has 0 saturated carbocycles. The fourth-order valence-electron chi connectivity index (χ4n) is 1.92. The highest BCUT2D eigenvalue weighted by Gasteiger charge is 2.30. The van der Waals surface area contributed by atoms with Crippen LogP contribution in [-0.4, -0.2) is 11.7 Å². The van der Waals surface area contributed by atoms with Gasteiger partial charge in [0.15, 0.2) is 0 Å². The predicted octanol–water partition coefficient (Wildman–Crippen LogP) is 3.90. The molecule has 0 fully saturated rings. The van der Waals surface area contributed by atoms with E-state index >= 15 is 0 Å². The zero-order valence-electron chi connectivity index (χ0n) is 11.4. The molecule has 2 nitrogen and oxygen atoms in total. The monoisotopic (exact) mass is 315 g/mol. The first kappa shape index (κ1) is 16.0. The van der Waals surface area contributed by atoms with E-state index in [1.807, 2.05) is 18.4 Å². The lowest BCUT2D eigenvalue weighted by Crippen LogP contribution is -2.21. The second-order valence-corrected chi connectivity index (χ2v) is 5.79. The number of alkyl halides is 3. The van der Waals surface area contributed by atoms with Gasteiger partial charge in [0.2, 0.25) is 0 Å². The van der Waals surface area contributed by atoms with Crippen molar-refractivity contribution < 1.29 is 18.3 Å². The number of nitrogens with one attached hydrogen (secondary N) is 1. The second kappa shape index (κ2) is 6.60. The van der Waals surface area contributed by atoms with Gasteiger partial charge in [0.25, 0.3) is 0 Å². The van der Waals surface area contributed by atoms with Gasteiger partial charge in [0.1, 0.15) is 0 Å². The van der Waals surface area contributed by atoms with Gasteiger partial charge in [-0.05, 0) is 41.6 Å². The summed E-state index contributed by atoms with van der Waals surface area (Å²) >= 11 is 1.63. The van der Waals surface area contributed by atoms with E-state index in [1.54, 1.807) is 11.3 Å². The van der Waals surface area contributed by atoms with Crippen molar-refractivity contribution >= 4 is 11.3 Å². The van der Waals surface area contributed by atoms with Gasteiger partial charge in [-0.1, -0.05) is 12.1 Å². The van der Waals surface area contributed by atoms with E-state index < -0.39 is 17.8 Å². The van der Waals surface area contributed by atoms with Crippen LogP contribution in [0.25, 0.3) is 0 Å². The summed E-state index contributed by atoms with van der Waals surface area (Å²) in [5, 5.41) is 15.1. The van der Waals surface area contributed by atoms with Crippen LogP contribution in [0.4, 0.5) is 13.2 Å². The van der Waals surface area contributed by atoms with Crippen LogP contribution in [-0.2, 0) is 12.7 Å². The zero-order valence-corrected chi connectivity index (χ0v) is 12.3. The van der Waals surface area contributed by atoms with Crippen molar-refractivity contribution in [1.82, 2.24) is 5.32 Å². The first-order valence-corrected chi connectivity index (χ1v) is 7.35. The molecule has 0 bridgehead atoms. The minimum Gasteiger partial charge on any atom is -0.387 e. The normalized spacial score (nSPS) is 13.4. The van der Waals surface area contributed by atoms with Crippen molar-refractivity contribution in [1.29, 1.82) is 0 Å². The molecule has 21 heavy (non-hydrogen) atoms. The van der Waals surface area contributed by atoms with Crippen molar-refractivity contribution in [2.75, 3.05) is 6.54 Å². The number of halogens is 3. The molecule has 0 aliphatic carbocycles. The molecule has 0 aliphatic heterocycles. The molecule has 2 aromatic rings. The molecule has 1 aromatic carbocycles. The van der Waals surface area contributed by atoms with Crippen LogP contribution in [0.1, 0.15) is 27.7 Å². The Hall–Kier alpha value is -1.37. The number of hydrogen-bond acceptors (Lipinski definition) is 3. The average Bonchev–Trinajstić information content (AvgIpc) is 2.83. The SMILES string of the molecule is Cc1ccsc1CNCC(O)c1ccc(C(F)(F)F)cc1. The van der Waals surface area contributed by atoms with E-state index in [-0.39, 0.29) is 0 Å². The molecule has 0 saturated heterocycles. The maximum Gasteiger partial charge on any atom is 0.416 e. The Bertz CT molecular complexity index is 577. The number of benzene rings is 1. The Labute approximate surface area is 125 Å². The number of rotatable bonds is 5. The fourth-order valence-corrected chi connectivity index (χ4v) is 2.80. The largest absolute Gasteiger partial charge is 0.416 e. The number of aliphatic hydroxyl groups excluding tert-OH is 1. The highest BCUT2D eigenvalue weighted by Crippen LogP contribution is 2.29. The van der Waals surface area contributed by atoms with E-state index in [9.17, 15) is 18.3 Å². The topological polar surface area (TPSA) is 32.3 Å². The Kier molecular flexibility index (Phi) is 5.03. The van der Waals surface area contributed by atoms with Crippen LogP contribution in [0.2, 0.25) is 0 Å². The van der Waals surface area contributed by atoms with Crippen molar-refractivity contribution in [3.63, 3.8) is 0 Å². The van der Waals surface area contributed by atoms with Gasteiger partial charge in [-0.2, -0.15) is 13.2 Å². The molecule has 0 spiro atoms. The molecule has 1 aromatic heterocycles. The van der Waals surface area contributed by atoms with Crippen molar-refractivity contribution in [2.24, 2.45) is 0 Å². The first-order chi connectivity index (χ1) is 9.88. The van der Waals surface area contributed by atoms with Crippen molar-refractivity contribution in [3.8, 4) is 0 Å². The van der Waals surface area contributed by atoms with E-state index in [1.165, 1.54) is 22.6 Å². The molecule has 1 unspecified atom stereocenters. The third-order valence-corrected chi connectivity index (χ3v) is 4.24. The second-order valence-electron chi connectivity index (χ2n) is 4.79. The minimum atomic E-state index is -4.35. The smallest absolute Gasteiger partial charge is 0.387 e. The summed E-state index contributed by atoms with van der Waals surface area (Å²) in [7, 11) is 0. The quantitative estimate of drug-likeness (QED) is 0.877. The van der Waals surface area contributed by atoms with Gasteiger partial charge in [0, 0.05) is 18.0 Å². The summed E-state index contributed by atoms with van der Waals surface area (Å²) in [5.74, 6) is 0. The maximum atomic E-state index is 12.4. The molecule has 2 rings (SSSR count). The molecule has 0 radical (unpaired) electrons. The molecular weight excluding hydrogens is 299 g/mol. The van der Waals surface area contributed by atoms with Gasteiger partial charge in [0.05, 0.1) is 11.7 Å². The lowest BCUT2D eigenvalue weighted by atomic mass is 10.1. The van der Waals surface area contributed by atoms with E-state index in [0.717, 1.165) is 12.1 Å². The van der Waals surface area contributed by atoms with Crippen LogP contribution >= 0.6 is 11.3 Å². The lowest BCUT2D eigenvalue weighted by Gasteiger charge is -2.13. The summed E-state index contributed by atoms with van der Waals surface area (Å²) in [6.45, 7) is 2.95. The van der Waals surface area contributed by atoms with Crippen LogP contribution in [0, 0.1) is 6.92 Å². The van der Waals surface area contributed by atoms with E-state index in [4.69, 9.17) is 0 Å².